The molecule has 0 saturated heterocycles. The van der Waals surface area contributed by atoms with E-state index in [1.165, 1.54) is 65.6 Å². The summed E-state index contributed by atoms with van der Waals surface area (Å²) in [5.74, 6) is 0.497. The first-order valence-electron chi connectivity index (χ1n) is 28.3. The molecule has 0 bridgehead atoms. The molecule has 3 aromatic carbocycles. The molecule has 468 valence electrons. The van der Waals surface area contributed by atoms with Gasteiger partial charge >= 0.3 is 24.4 Å². The molecule has 3 heterocycles. The number of anilines is 1. The van der Waals surface area contributed by atoms with E-state index in [1.54, 1.807) is 89.2 Å². The van der Waals surface area contributed by atoms with Crippen LogP contribution in [-0.2, 0) is 35.6 Å². The molecular weight excluding hydrogens is 1180 g/mol. The summed E-state index contributed by atoms with van der Waals surface area (Å²) in [6, 6.07) is 11.5. The third-order valence-electron chi connectivity index (χ3n) is 14.9. The number of nitro groups is 2. The molecule has 0 spiro atoms. The number of nitro benzene ring substituents is 2. The van der Waals surface area contributed by atoms with Crippen LogP contribution in [0.4, 0.5) is 49.4 Å². The normalized spacial score (nSPS) is 24.2. The van der Waals surface area contributed by atoms with E-state index in [0.29, 0.717) is 52.8 Å². The van der Waals surface area contributed by atoms with Crippen LogP contribution < -0.4 is 11.5 Å². The van der Waals surface area contributed by atoms with Crippen molar-refractivity contribution in [2.24, 2.45) is 38.5 Å². The van der Waals surface area contributed by atoms with Crippen molar-refractivity contribution in [3.05, 3.63) is 109 Å². The van der Waals surface area contributed by atoms with Gasteiger partial charge in [-0.05, 0) is 170 Å². The predicted molar refractivity (Wildman–Crippen MR) is 326 cm³/mol. The lowest BCUT2D eigenvalue weighted by Gasteiger charge is -2.39. The lowest BCUT2D eigenvalue weighted by Crippen LogP contribution is -2.49. The maximum Gasteiger partial charge on any atom is 0.426 e. The first kappa shape index (κ1) is 66.9. The highest BCUT2D eigenvalue weighted by atomic mass is 32.2. The quantitative estimate of drug-likeness (QED) is 0.104. The van der Waals surface area contributed by atoms with E-state index >= 15 is 4.39 Å². The summed E-state index contributed by atoms with van der Waals surface area (Å²) in [5.41, 5.74) is 6.48. The number of nitrogens with two attached hydrogens (primary N) is 2. The smallest absolute Gasteiger partial charge is 0.426 e. The molecule has 0 unspecified atom stereocenters. The van der Waals surface area contributed by atoms with Gasteiger partial charge in [0, 0.05) is 63.9 Å². The maximum absolute atomic E-state index is 15.0. The van der Waals surface area contributed by atoms with Crippen molar-refractivity contribution in [3.63, 3.8) is 0 Å². The van der Waals surface area contributed by atoms with Crippen molar-refractivity contribution in [1.82, 2.24) is 9.80 Å². The SMILES string of the molecule is CC(C)(C)OC(=O)N(C(=O)OC(C)(C)C)C1=N[C@@]2(c3cc(N)ccc3F)CCC[C@H]2CS1.CC(C)(C)OC(=O)N(C(=O)OC(C)(C)C)C1=N[C@@]2(c3cc([N+](=O)[O-])ccc3F)CCC[C@H]2CS1.NC1=N[C@@]2(c3cc([N+](=O)[O-])ccc3F)CCC[C@H]2CS1. The summed E-state index contributed by atoms with van der Waals surface area (Å²) in [6.45, 7) is 20.3. The topological polar surface area (TPSA) is 287 Å². The zero-order valence-corrected chi connectivity index (χ0v) is 52.9. The van der Waals surface area contributed by atoms with E-state index < -0.39 is 90.7 Å². The van der Waals surface area contributed by atoms with Gasteiger partial charge in [-0.15, -0.1) is 0 Å². The fourth-order valence-corrected chi connectivity index (χ4v) is 15.1. The van der Waals surface area contributed by atoms with Crippen LogP contribution in [0.2, 0.25) is 0 Å². The van der Waals surface area contributed by atoms with Gasteiger partial charge in [-0.3, -0.25) is 25.2 Å². The Kier molecular flexibility index (Phi) is 19.9. The molecule has 3 aliphatic heterocycles. The summed E-state index contributed by atoms with van der Waals surface area (Å²) in [4.78, 5) is 89.1. The number of nitrogens with zero attached hydrogens (tertiary/aromatic N) is 7. The minimum absolute atomic E-state index is 0.0209. The highest BCUT2D eigenvalue weighted by Gasteiger charge is 2.53. The first-order chi connectivity index (χ1) is 39.9. The molecule has 6 atom stereocenters. The second-order valence-electron chi connectivity index (χ2n) is 25.9. The molecule has 21 nitrogen and oxygen atoms in total. The van der Waals surface area contributed by atoms with Gasteiger partial charge in [0.05, 0.1) is 26.5 Å². The van der Waals surface area contributed by atoms with E-state index in [4.69, 9.17) is 40.4 Å². The number of carbonyl (C=O) groups excluding carboxylic acids is 4. The zero-order valence-electron chi connectivity index (χ0n) is 50.5. The fourth-order valence-electron chi connectivity index (χ4n) is 11.4. The predicted octanol–water partition coefficient (Wildman–Crippen LogP) is 14.5. The number of halogens is 3. The Morgan fingerprint density at radius 2 is 0.814 bits per heavy atom. The van der Waals surface area contributed by atoms with Crippen molar-refractivity contribution >= 4 is 92.2 Å². The Morgan fingerprint density at radius 1 is 0.512 bits per heavy atom. The maximum atomic E-state index is 15.0. The van der Waals surface area contributed by atoms with Crippen LogP contribution in [0.15, 0.2) is 69.6 Å². The second kappa shape index (κ2) is 25.6. The largest absolute Gasteiger partial charge is 0.443 e. The summed E-state index contributed by atoms with van der Waals surface area (Å²) in [7, 11) is 0. The Morgan fingerprint density at radius 3 is 1.14 bits per heavy atom. The van der Waals surface area contributed by atoms with E-state index in [9.17, 15) is 48.2 Å². The van der Waals surface area contributed by atoms with Crippen LogP contribution in [0.1, 0.15) is 158 Å². The summed E-state index contributed by atoms with van der Waals surface area (Å²) < 4.78 is 66.1. The molecule has 6 aliphatic rings. The molecular formula is C59H76F3N9O12S3. The molecule has 4 amide bonds. The fraction of sp³-hybridized carbons (Fsp3) is 0.576. The van der Waals surface area contributed by atoms with Crippen molar-refractivity contribution in [2.45, 2.75) is 180 Å². The minimum atomic E-state index is -1.14. The number of aliphatic imine (C=N–C) groups is 3. The van der Waals surface area contributed by atoms with Gasteiger partial charge in [0.2, 0.25) is 0 Å². The van der Waals surface area contributed by atoms with Crippen molar-refractivity contribution in [1.29, 1.82) is 0 Å². The number of carbonyl (C=O) groups is 4. The number of fused-ring (bicyclic) bond motifs is 3. The zero-order chi connectivity index (χ0) is 63.7. The average molecular weight is 1260 g/mol. The molecule has 0 radical (unpaired) electrons. The lowest BCUT2D eigenvalue weighted by molar-refractivity contribution is -0.385. The van der Waals surface area contributed by atoms with E-state index in [0.717, 1.165) is 72.3 Å². The van der Waals surface area contributed by atoms with Crippen LogP contribution in [0.5, 0.6) is 0 Å². The van der Waals surface area contributed by atoms with Crippen molar-refractivity contribution in [2.75, 3.05) is 23.0 Å². The number of thioether (sulfide) groups is 3. The highest BCUT2D eigenvalue weighted by molar-refractivity contribution is 8.14. The lowest BCUT2D eigenvalue weighted by atomic mass is 9.81. The number of nitrogen functional groups attached to an aromatic ring is 1. The van der Waals surface area contributed by atoms with E-state index in [1.807, 2.05) is 0 Å². The van der Waals surface area contributed by atoms with Gasteiger partial charge in [-0.1, -0.05) is 54.5 Å². The summed E-state index contributed by atoms with van der Waals surface area (Å²) in [5, 5.41) is 22.9. The minimum Gasteiger partial charge on any atom is -0.443 e. The number of rotatable bonds is 5. The van der Waals surface area contributed by atoms with Crippen molar-refractivity contribution < 1.29 is 61.1 Å². The number of hydrogen-bond donors (Lipinski definition) is 2. The van der Waals surface area contributed by atoms with Crippen LogP contribution in [-0.4, -0.2) is 99.2 Å². The van der Waals surface area contributed by atoms with Gasteiger partial charge < -0.3 is 30.4 Å². The molecule has 27 heteroatoms. The Bertz CT molecular complexity index is 3180. The van der Waals surface area contributed by atoms with Gasteiger partial charge in [-0.2, -0.15) is 9.80 Å². The van der Waals surface area contributed by atoms with Crippen LogP contribution in [0.3, 0.4) is 0 Å². The van der Waals surface area contributed by atoms with Crippen LogP contribution in [0, 0.1) is 55.4 Å². The van der Waals surface area contributed by atoms with Gasteiger partial charge in [0.1, 0.15) is 39.9 Å². The van der Waals surface area contributed by atoms with Gasteiger partial charge in [0.15, 0.2) is 15.5 Å². The number of hydrogen-bond acceptors (Lipinski definition) is 20. The monoisotopic (exact) mass is 1260 g/mol. The number of benzene rings is 3. The Labute approximate surface area is 511 Å². The number of amides is 4. The number of non-ortho nitro benzene ring substituents is 2. The third-order valence-corrected chi connectivity index (χ3v) is 18.1. The standard InChI is InChI=1S/C23H30FN3O6S.C23H32FN3O4S.C13H14FN3O2S/c1-21(2,3)32-19(28)26(20(29)33-22(4,5)6)18-25-23(11-7-8-14(23)13-34-18)16-12-15(27(30)31)9-10-17(16)24;1-21(2,3)30-19(28)27(20(29)31-22(4,5)6)18-26-23(11-7-8-14(23)13-32-18)16-12-15(25)9-10-17(16)24;14-11-4-3-9(17(18)19)6-10(11)13-5-1-2-8(13)7-20-12(15)16-13/h9-10,12,14H,7-8,11,13H2,1-6H3;9-10,12,14H,7-8,11,13,25H2,1-6H3;3-4,6,8H,1-2,5,7H2,(H2,15,16)/t2*14-,23-;8-,13-/m000/s1. The second-order valence-corrected chi connectivity index (χ2v) is 28.9. The average Bonchev–Trinajstić information content (AvgIpc) is 1.53. The van der Waals surface area contributed by atoms with E-state index in [-0.39, 0.29) is 45.0 Å². The van der Waals surface area contributed by atoms with E-state index in [2.05, 4.69) is 4.99 Å². The Balaban J connectivity index is 0.000000190. The number of ether oxygens (including phenoxy) is 4. The Hall–Kier alpha value is -6.61. The number of imide groups is 2. The summed E-state index contributed by atoms with van der Waals surface area (Å²) in [6.07, 6.45) is 3.12. The first-order valence-corrected chi connectivity index (χ1v) is 31.2. The molecule has 3 fully saturated rings. The molecule has 9 rings (SSSR count). The molecule has 86 heavy (non-hydrogen) atoms. The molecule has 0 aromatic heterocycles. The molecule has 3 aliphatic carbocycles. The molecule has 3 aromatic rings. The van der Waals surface area contributed by atoms with Crippen LogP contribution >= 0.6 is 35.3 Å². The highest BCUT2D eigenvalue weighted by Crippen LogP contribution is 2.55. The van der Waals surface area contributed by atoms with Crippen LogP contribution in [0.25, 0.3) is 0 Å². The molecule has 4 N–H and O–H groups in total. The van der Waals surface area contributed by atoms with Crippen molar-refractivity contribution in [3.8, 4) is 0 Å². The van der Waals surface area contributed by atoms with Gasteiger partial charge in [-0.25, -0.2) is 42.3 Å². The third kappa shape index (κ3) is 15.4. The summed E-state index contributed by atoms with van der Waals surface area (Å²) >= 11 is 3.94. The van der Waals surface area contributed by atoms with Gasteiger partial charge in [0.25, 0.3) is 11.4 Å². The molecule has 3 saturated carbocycles. The number of amidine groups is 3.